The number of rotatable bonds is 1. The zero-order valence-corrected chi connectivity index (χ0v) is 9.86. The molecule has 0 radical (unpaired) electrons. The lowest BCUT2D eigenvalue weighted by Gasteiger charge is -2.08. The van der Waals surface area contributed by atoms with Gasteiger partial charge < -0.3 is 4.74 Å². The summed E-state index contributed by atoms with van der Waals surface area (Å²) in [5.74, 6) is -1.99. The summed E-state index contributed by atoms with van der Waals surface area (Å²) in [5.41, 5.74) is -2.07. The molecule has 0 spiro atoms. The Morgan fingerprint density at radius 2 is 1.70 bits per heavy atom. The van der Waals surface area contributed by atoms with Crippen molar-refractivity contribution in [2.45, 2.75) is 12.4 Å². The maximum atomic E-state index is 12.8. The van der Waals surface area contributed by atoms with Crippen LogP contribution >= 0.6 is 0 Å². The highest BCUT2D eigenvalue weighted by Gasteiger charge is 2.44. The summed E-state index contributed by atoms with van der Waals surface area (Å²) >= 11 is 0. The molecule has 0 aliphatic carbocycles. The second-order valence-electron chi connectivity index (χ2n) is 3.82. The Balaban J connectivity index is 2.87. The van der Waals surface area contributed by atoms with Crippen LogP contribution in [0.4, 0.5) is 26.3 Å². The van der Waals surface area contributed by atoms with Crippen molar-refractivity contribution in [1.82, 2.24) is 4.98 Å². The van der Waals surface area contributed by atoms with E-state index in [1.807, 2.05) is 4.98 Å². The van der Waals surface area contributed by atoms with Crippen molar-refractivity contribution in [2.24, 2.45) is 0 Å². The molecule has 1 heterocycles. The first-order chi connectivity index (χ1) is 9.14. The van der Waals surface area contributed by atoms with E-state index in [9.17, 15) is 26.3 Å². The predicted octanol–water partition coefficient (Wildman–Crippen LogP) is 3.10. The lowest BCUT2D eigenvalue weighted by Crippen LogP contribution is -2.26. The summed E-state index contributed by atoms with van der Waals surface area (Å²) in [7, 11) is 1.05. The molecule has 0 saturated heterocycles. The minimum atomic E-state index is -4.92. The second-order valence-corrected chi connectivity index (χ2v) is 3.82. The van der Waals surface area contributed by atoms with Crippen molar-refractivity contribution in [2.75, 3.05) is 7.11 Å². The van der Waals surface area contributed by atoms with Crippen molar-refractivity contribution in [3.05, 3.63) is 29.6 Å². The van der Waals surface area contributed by atoms with Crippen LogP contribution in [0, 0.1) is 0 Å². The number of benzene rings is 1. The molecule has 1 N–H and O–H groups in total. The molecule has 0 unspecified atom stereocenters. The van der Waals surface area contributed by atoms with Gasteiger partial charge in [-0.15, -0.1) is 0 Å². The van der Waals surface area contributed by atoms with Crippen LogP contribution in [0.2, 0.25) is 0 Å². The van der Waals surface area contributed by atoms with Crippen LogP contribution in [0.3, 0.4) is 0 Å². The molecule has 0 aliphatic heterocycles. The Kier molecular flexibility index (Phi) is 3.23. The van der Waals surface area contributed by atoms with Gasteiger partial charge in [0.05, 0.1) is 7.11 Å². The maximum Gasteiger partial charge on any atom is 0.499 e. The quantitative estimate of drug-likeness (QED) is 0.758. The molecule has 0 fully saturated rings. The fourth-order valence-corrected chi connectivity index (χ4v) is 1.69. The van der Waals surface area contributed by atoms with Crippen LogP contribution in [0.5, 0.6) is 5.88 Å². The number of aromatic nitrogens is 2. The molecule has 0 aliphatic rings. The molecule has 3 nitrogen and oxygen atoms in total. The number of ether oxygens (including phenoxy) is 1. The van der Waals surface area contributed by atoms with Crippen LogP contribution in [0.15, 0.2) is 18.2 Å². The Morgan fingerprint density at radius 3 is 2.20 bits per heavy atom. The van der Waals surface area contributed by atoms with Crippen LogP contribution in [-0.2, 0) is 12.4 Å². The summed E-state index contributed by atoms with van der Waals surface area (Å²) in [5, 5.41) is -0.185. The van der Waals surface area contributed by atoms with E-state index < -0.39 is 35.1 Å². The summed E-state index contributed by atoms with van der Waals surface area (Å²) in [6.07, 6.45) is -9.73. The van der Waals surface area contributed by atoms with E-state index in [2.05, 4.69) is 9.72 Å². The van der Waals surface area contributed by atoms with Gasteiger partial charge >= 0.3 is 18.2 Å². The SMILES string of the molecule is COc1[nH+]c(C(F)(F)F)nc2c(C(F)(F)F)cccc12. The molecule has 0 amide bonds. The normalized spacial score (nSPS) is 12.8. The van der Waals surface area contributed by atoms with Crippen LogP contribution in [0.25, 0.3) is 10.9 Å². The monoisotopic (exact) mass is 297 g/mol. The molecular weight excluding hydrogens is 290 g/mol. The standard InChI is InChI=1S/C11H6F6N2O/c1-20-8-5-3-2-4-6(10(12,13)14)7(5)18-9(19-8)11(15,16)17/h2-4H,1H3/p+1. The van der Waals surface area contributed by atoms with Gasteiger partial charge in [0.25, 0.3) is 5.88 Å². The van der Waals surface area contributed by atoms with Gasteiger partial charge in [-0.2, -0.15) is 26.3 Å². The first-order valence-corrected chi connectivity index (χ1v) is 5.19. The highest BCUT2D eigenvalue weighted by molar-refractivity contribution is 5.85. The van der Waals surface area contributed by atoms with Gasteiger partial charge in [-0.05, 0) is 17.1 Å². The van der Waals surface area contributed by atoms with Crippen molar-refractivity contribution in [1.29, 1.82) is 0 Å². The van der Waals surface area contributed by atoms with Gasteiger partial charge in [-0.25, -0.2) is 4.98 Å². The fourth-order valence-electron chi connectivity index (χ4n) is 1.69. The number of fused-ring (bicyclic) bond motifs is 1. The lowest BCUT2D eigenvalue weighted by molar-refractivity contribution is -0.440. The highest BCUT2D eigenvalue weighted by atomic mass is 19.4. The van der Waals surface area contributed by atoms with E-state index in [0.29, 0.717) is 6.07 Å². The average molecular weight is 297 g/mol. The fraction of sp³-hybridized carbons (Fsp3) is 0.273. The molecular formula is C11H7F6N2O+. The average Bonchev–Trinajstić information content (AvgIpc) is 2.34. The molecule has 2 rings (SSSR count). The van der Waals surface area contributed by atoms with Crippen molar-refractivity contribution < 1.29 is 36.1 Å². The van der Waals surface area contributed by atoms with Gasteiger partial charge in [0, 0.05) is 0 Å². The first kappa shape index (κ1) is 14.4. The third kappa shape index (κ3) is 2.47. The number of hydrogen-bond acceptors (Lipinski definition) is 2. The summed E-state index contributed by atoms with van der Waals surface area (Å²) in [4.78, 5) is 4.87. The van der Waals surface area contributed by atoms with Crippen molar-refractivity contribution >= 4 is 10.9 Å². The zero-order valence-electron chi connectivity index (χ0n) is 9.86. The van der Waals surface area contributed by atoms with Crippen LogP contribution in [-0.4, -0.2) is 12.1 Å². The number of methoxy groups -OCH3 is 1. The third-order valence-electron chi connectivity index (χ3n) is 2.51. The summed E-state index contributed by atoms with van der Waals surface area (Å²) in [6.45, 7) is 0. The molecule has 1 aromatic heterocycles. The number of nitrogens with zero attached hydrogens (tertiary/aromatic N) is 1. The number of aromatic amines is 1. The third-order valence-corrected chi connectivity index (χ3v) is 2.51. The van der Waals surface area contributed by atoms with Crippen molar-refractivity contribution in [3.63, 3.8) is 0 Å². The van der Waals surface area contributed by atoms with E-state index in [0.717, 1.165) is 13.2 Å². The minimum Gasteiger partial charge on any atom is -0.465 e. The minimum absolute atomic E-state index is 0.185. The summed E-state index contributed by atoms with van der Waals surface area (Å²) in [6, 6.07) is 2.92. The number of hydrogen-bond donors (Lipinski definition) is 0. The predicted molar refractivity (Wildman–Crippen MR) is 54.9 cm³/mol. The first-order valence-electron chi connectivity index (χ1n) is 5.19. The Morgan fingerprint density at radius 1 is 1.05 bits per heavy atom. The highest BCUT2D eigenvalue weighted by Crippen LogP contribution is 2.36. The van der Waals surface area contributed by atoms with Crippen molar-refractivity contribution in [3.8, 4) is 5.88 Å². The van der Waals surface area contributed by atoms with Gasteiger partial charge in [0.15, 0.2) is 0 Å². The molecule has 108 valence electrons. The molecule has 2 aromatic rings. The van der Waals surface area contributed by atoms with E-state index in [-0.39, 0.29) is 5.39 Å². The van der Waals surface area contributed by atoms with E-state index in [1.54, 1.807) is 0 Å². The summed E-state index contributed by atoms with van der Waals surface area (Å²) < 4.78 is 81.0. The Hall–Kier alpha value is -2.06. The topological polar surface area (TPSA) is 36.3 Å². The maximum absolute atomic E-state index is 12.8. The Bertz CT molecular complexity index is 650. The molecule has 0 atom stereocenters. The smallest absolute Gasteiger partial charge is 0.465 e. The van der Waals surface area contributed by atoms with Gasteiger partial charge in [0.2, 0.25) is 5.52 Å². The van der Waals surface area contributed by atoms with Crippen LogP contribution < -0.4 is 9.72 Å². The number of alkyl halides is 6. The van der Waals surface area contributed by atoms with Crippen LogP contribution in [0.1, 0.15) is 11.4 Å². The zero-order chi connectivity index (χ0) is 15.1. The lowest BCUT2D eigenvalue weighted by atomic mass is 10.1. The van der Waals surface area contributed by atoms with E-state index in [4.69, 9.17) is 0 Å². The van der Waals surface area contributed by atoms with E-state index in [1.165, 1.54) is 6.07 Å². The molecule has 0 saturated carbocycles. The van der Waals surface area contributed by atoms with Gasteiger partial charge in [0.1, 0.15) is 10.9 Å². The number of H-pyrrole nitrogens is 1. The molecule has 1 aromatic carbocycles. The van der Waals surface area contributed by atoms with E-state index >= 15 is 0 Å². The number of halogens is 6. The second kappa shape index (κ2) is 4.50. The van der Waals surface area contributed by atoms with Gasteiger partial charge in [-0.1, -0.05) is 6.07 Å². The number of nitrogens with one attached hydrogen (secondary N) is 1. The molecule has 20 heavy (non-hydrogen) atoms. The molecule has 0 bridgehead atoms. The molecule has 9 heteroatoms. The number of para-hydroxylation sites is 1. The Labute approximate surface area is 108 Å². The van der Waals surface area contributed by atoms with Gasteiger partial charge in [-0.3, -0.25) is 0 Å². The largest absolute Gasteiger partial charge is 0.499 e.